The lowest BCUT2D eigenvalue weighted by Gasteiger charge is -2.23. The third kappa shape index (κ3) is 5.11. The fourth-order valence-corrected chi connectivity index (χ4v) is 3.94. The highest BCUT2D eigenvalue weighted by atomic mass is 32.1. The quantitative estimate of drug-likeness (QED) is 0.551. The number of carbonyl (C=O) groups excluding carboxylic acids is 1. The van der Waals surface area contributed by atoms with Crippen LogP contribution in [0.4, 0.5) is 5.69 Å². The number of nitriles is 1. The van der Waals surface area contributed by atoms with Gasteiger partial charge in [-0.2, -0.15) is 5.26 Å². The molecule has 148 valence electrons. The number of para-hydroxylation sites is 1. The molecule has 0 aliphatic rings. The summed E-state index contributed by atoms with van der Waals surface area (Å²) < 4.78 is 0. The van der Waals surface area contributed by atoms with Crippen molar-refractivity contribution >= 4 is 22.9 Å². The lowest BCUT2D eigenvalue weighted by atomic mass is 9.98. The van der Waals surface area contributed by atoms with Gasteiger partial charge in [-0.3, -0.25) is 10.1 Å². The lowest BCUT2D eigenvalue weighted by molar-refractivity contribution is -0.117. The van der Waals surface area contributed by atoms with Gasteiger partial charge in [-0.05, 0) is 47.5 Å². The van der Waals surface area contributed by atoms with Gasteiger partial charge < -0.3 is 5.32 Å². The third-order valence-electron chi connectivity index (χ3n) is 4.88. The average Bonchev–Trinajstić information content (AvgIpc) is 3.26. The molecule has 5 heteroatoms. The summed E-state index contributed by atoms with van der Waals surface area (Å²) in [4.78, 5) is 13.9. The molecule has 0 fully saturated rings. The first-order valence-corrected chi connectivity index (χ1v) is 10.6. The van der Waals surface area contributed by atoms with Crippen LogP contribution in [-0.2, 0) is 4.79 Å². The first-order chi connectivity index (χ1) is 14.0. The molecule has 0 bridgehead atoms. The van der Waals surface area contributed by atoms with Crippen molar-refractivity contribution in [1.82, 2.24) is 5.32 Å². The Morgan fingerprint density at radius 2 is 1.66 bits per heavy atom. The highest BCUT2D eigenvalue weighted by Gasteiger charge is 2.22. The molecular weight excluding hydrogens is 378 g/mol. The van der Waals surface area contributed by atoms with Gasteiger partial charge in [0.05, 0.1) is 23.3 Å². The first kappa shape index (κ1) is 20.8. The van der Waals surface area contributed by atoms with E-state index in [1.54, 1.807) is 35.6 Å². The highest BCUT2D eigenvalue weighted by molar-refractivity contribution is 7.10. The van der Waals surface area contributed by atoms with Crippen LogP contribution in [0.1, 0.15) is 54.3 Å². The molecule has 2 aromatic carbocycles. The predicted octanol–water partition coefficient (Wildman–Crippen LogP) is 5.45. The Balaban J connectivity index is 1.79. The van der Waals surface area contributed by atoms with E-state index in [2.05, 4.69) is 60.9 Å². The molecular formula is C24H25N3OS. The second kappa shape index (κ2) is 9.51. The molecule has 0 aliphatic heterocycles. The molecule has 0 saturated heterocycles. The number of nitrogens with one attached hydrogen (secondary N) is 2. The van der Waals surface area contributed by atoms with Crippen molar-refractivity contribution in [2.75, 3.05) is 5.32 Å². The summed E-state index contributed by atoms with van der Waals surface area (Å²) in [6.45, 7) is 6.19. The smallest absolute Gasteiger partial charge is 0.241 e. The maximum atomic E-state index is 12.8. The van der Waals surface area contributed by atoms with Gasteiger partial charge in [0.15, 0.2) is 0 Å². The van der Waals surface area contributed by atoms with E-state index >= 15 is 0 Å². The van der Waals surface area contributed by atoms with Crippen molar-refractivity contribution in [3.63, 3.8) is 0 Å². The summed E-state index contributed by atoms with van der Waals surface area (Å²) in [6.07, 6.45) is 0. The van der Waals surface area contributed by atoms with E-state index in [0.29, 0.717) is 17.2 Å². The standard InChI is InChI=1S/C24H25N3OS/c1-16(2)18-10-12-19(13-11-18)23(22-9-6-14-29-22)26-17(3)24(28)27-21-8-5-4-7-20(21)15-25/h4-14,16-17,23,26H,1-3H3,(H,27,28)/t17-,23+/m1/s1. The molecule has 1 heterocycles. The second-order valence-electron chi connectivity index (χ2n) is 7.30. The minimum Gasteiger partial charge on any atom is -0.324 e. The van der Waals surface area contributed by atoms with Gasteiger partial charge >= 0.3 is 0 Å². The third-order valence-corrected chi connectivity index (χ3v) is 5.82. The van der Waals surface area contributed by atoms with Crippen LogP contribution in [0.5, 0.6) is 0 Å². The number of nitrogens with zero attached hydrogens (tertiary/aromatic N) is 1. The number of benzene rings is 2. The normalized spacial score (nSPS) is 12.9. The molecule has 1 aromatic heterocycles. The zero-order valence-electron chi connectivity index (χ0n) is 16.8. The van der Waals surface area contributed by atoms with Crippen LogP contribution in [0.25, 0.3) is 0 Å². The van der Waals surface area contributed by atoms with Crippen LogP contribution < -0.4 is 10.6 Å². The fourth-order valence-electron chi connectivity index (χ4n) is 3.13. The van der Waals surface area contributed by atoms with E-state index in [1.807, 2.05) is 18.4 Å². The zero-order valence-corrected chi connectivity index (χ0v) is 17.7. The number of anilines is 1. The van der Waals surface area contributed by atoms with E-state index in [4.69, 9.17) is 0 Å². The summed E-state index contributed by atoms with van der Waals surface area (Å²) in [7, 11) is 0. The van der Waals surface area contributed by atoms with Crippen molar-refractivity contribution in [3.8, 4) is 6.07 Å². The van der Waals surface area contributed by atoms with Crippen molar-refractivity contribution in [3.05, 3.63) is 87.6 Å². The minimum absolute atomic E-state index is 0.0804. The summed E-state index contributed by atoms with van der Waals surface area (Å²) in [5.41, 5.74) is 3.39. The van der Waals surface area contributed by atoms with Crippen LogP contribution in [0.15, 0.2) is 66.0 Å². The predicted molar refractivity (Wildman–Crippen MR) is 119 cm³/mol. The molecule has 0 saturated carbocycles. The number of hydrogen-bond donors (Lipinski definition) is 2. The van der Waals surface area contributed by atoms with Crippen LogP contribution in [0.2, 0.25) is 0 Å². The molecule has 2 atom stereocenters. The Morgan fingerprint density at radius 1 is 0.966 bits per heavy atom. The molecule has 0 spiro atoms. The van der Waals surface area contributed by atoms with E-state index < -0.39 is 6.04 Å². The van der Waals surface area contributed by atoms with Gasteiger partial charge in [0.25, 0.3) is 0 Å². The Morgan fingerprint density at radius 3 is 2.28 bits per heavy atom. The highest BCUT2D eigenvalue weighted by Crippen LogP contribution is 2.28. The molecule has 0 radical (unpaired) electrons. The summed E-state index contributed by atoms with van der Waals surface area (Å²) in [5, 5.41) is 17.6. The number of hydrogen-bond acceptors (Lipinski definition) is 4. The minimum atomic E-state index is -0.446. The molecule has 0 unspecified atom stereocenters. The Hall–Kier alpha value is -2.94. The summed E-state index contributed by atoms with van der Waals surface area (Å²) in [6, 6.07) is 21.3. The van der Waals surface area contributed by atoms with Crippen LogP contribution in [0.3, 0.4) is 0 Å². The monoisotopic (exact) mass is 403 g/mol. The average molecular weight is 404 g/mol. The first-order valence-electron chi connectivity index (χ1n) is 9.69. The van der Waals surface area contributed by atoms with Crippen molar-refractivity contribution in [1.29, 1.82) is 5.26 Å². The van der Waals surface area contributed by atoms with Gasteiger partial charge in [-0.25, -0.2) is 0 Å². The Bertz CT molecular complexity index is 988. The molecule has 4 nitrogen and oxygen atoms in total. The summed E-state index contributed by atoms with van der Waals surface area (Å²) in [5.74, 6) is 0.301. The SMILES string of the molecule is CC(C)c1ccc([C@H](N[C@H](C)C(=O)Nc2ccccc2C#N)c2cccs2)cc1. The van der Waals surface area contributed by atoms with Crippen molar-refractivity contribution in [2.45, 2.75) is 38.8 Å². The Labute approximate surface area is 176 Å². The fraction of sp³-hybridized carbons (Fsp3) is 0.250. The van der Waals surface area contributed by atoms with E-state index in [9.17, 15) is 10.1 Å². The molecule has 0 aliphatic carbocycles. The number of carbonyl (C=O) groups is 1. The molecule has 3 aromatic rings. The lowest BCUT2D eigenvalue weighted by Crippen LogP contribution is -2.40. The molecule has 1 amide bonds. The second-order valence-corrected chi connectivity index (χ2v) is 8.28. The van der Waals surface area contributed by atoms with Crippen molar-refractivity contribution < 1.29 is 4.79 Å². The number of rotatable bonds is 7. The number of thiophene rings is 1. The summed E-state index contributed by atoms with van der Waals surface area (Å²) >= 11 is 1.66. The maximum Gasteiger partial charge on any atom is 0.241 e. The van der Waals surface area contributed by atoms with Gasteiger partial charge in [-0.15, -0.1) is 11.3 Å². The zero-order chi connectivity index (χ0) is 20.8. The van der Waals surface area contributed by atoms with E-state index in [0.717, 1.165) is 10.4 Å². The van der Waals surface area contributed by atoms with Crippen molar-refractivity contribution in [2.24, 2.45) is 0 Å². The van der Waals surface area contributed by atoms with Crippen LogP contribution in [-0.4, -0.2) is 11.9 Å². The van der Waals surface area contributed by atoms with Gasteiger partial charge in [0.1, 0.15) is 6.07 Å². The van der Waals surface area contributed by atoms with Crippen LogP contribution >= 0.6 is 11.3 Å². The van der Waals surface area contributed by atoms with Gasteiger partial charge in [0, 0.05) is 4.88 Å². The molecule has 2 N–H and O–H groups in total. The Kier molecular flexibility index (Phi) is 6.82. The van der Waals surface area contributed by atoms with Crippen LogP contribution in [0, 0.1) is 11.3 Å². The van der Waals surface area contributed by atoms with E-state index in [-0.39, 0.29) is 11.9 Å². The van der Waals surface area contributed by atoms with E-state index in [1.165, 1.54) is 5.56 Å². The van der Waals surface area contributed by atoms with Gasteiger partial charge in [0.2, 0.25) is 5.91 Å². The number of amides is 1. The molecule has 29 heavy (non-hydrogen) atoms. The van der Waals surface area contributed by atoms with Gasteiger partial charge in [-0.1, -0.05) is 56.3 Å². The largest absolute Gasteiger partial charge is 0.324 e. The maximum absolute atomic E-state index is 12.8. The topological polar surface area (TPSA) is 64.9 Å². The molecule has 3 rings (SSSR count).